The third kappa shape index (κ3) is 5.39. The minimum atomic E-state index is -0.398. The minimum Gasteiger partial charge on any atom is -0.493 e. The Hall–Kier alpha value is -3.32. The van der Waals surface area contributed by atoms with Gasteiger partial charge in [0, 0.05) is 24.2 Å². The van der Waals surface area contributed by atoms with Gasteiger partial charge in [-0.15, -0.1) is 0 Å². The molecule has 2 heterocycles. The smallest absolute Gasteiger partial charge is 0.257 e. The van der Waals surface area contributed by atoms with Gasteiger partial charge in [0.15, 0.2) is 23.1 Å². The Morgan fingerprint density at radius 2 is 1.90 bits per heavy atom. The fraction of sp³-hybridized carbons (Fsp3) is 0.227. The standard InChI is InChI=1S/C22H22ClN3O4/c1-3-11-29-20-17(23)12-16(13-19(20)28-2)22(27)26-21-18(5-4-8-25-21)30-14-15-6-9-24-10-7-15/h4-10,12-13H,3,11,14H2,1-2H3,(H,25,26,27). The Balaban J connectivity index is 1.77. The number of benzene rings is 1. The number of hydrogen-bond acceptors (Lipinski definition) is 6. The molecule has 0 fully saturated rings. The van der Waals surface area contributed by atoms with Crippen molar-refractivity contribution in [3.05, 3.63) is 71.1 Å². The van der Waals surface area contributed by atoms with Crippen molar-refractivity contribution in [2.45, 2.75) is 20.0 Å². The number of methoxy groups -OCH3 is 1. The molecular formula is C22H22ClN3O4. The molecule has 0 saturated carbocycles. The van der Waals surface area contributed by atoms with Gasteiger partial charge in [-0.05, 0) is 48.4 Å². The van der Waals surface area contributed by atoms with Crippen LogP contribution in [0, 0.1) is 0 Å². The first-order valence-corrected chi connectivity index (χ1v) is 9.78. The predicted molar refractivity (Wildman–Crippen MR) is 115 cm³/mol. The lowest BCUT2D eigenvalue weighted by Crippen LogP contribution is -2.14. The maximum absolute atomic E-state index is 12.8. The van der Waals surface area contributed by atoms with Gasteiger partial charge in [0.25, 0.3) is 5.91 Å². The number of amides is 1. The van der Waals surface area contributed by atoms with Crippen molar-refractivity contribution >= 4 is 23.3 Å². The number of halogens is 1. The highest BCUT2D eigenvalue weighted by atomic mass is 35.5. The van der Waals surface area contributed by atoms with Crippen molar-refractivity contribution in [3.8, 4) is 17.2 Å². The number of pyridine rings is 2. The van der Waals surface area contributed by atoms with E-state index in [1.54, 1.807) is 36.8 Å². The van der Waals surface area contributed by atoms with Crippen LogP contribution in [0.4, 0.5) is 5.82 Å². The van der Waals surface area contributed by atoms with Crippen LogP contribution in [0.3, 0.4) is 0 Å². The summed E-state index contributed by atoms with van der Waals surface area (Å²) in [5.74, 6) is 1.15. The van der Waals surface area contributed by atoms with Gasteiger partial charge in [-0.1, -0.05) is 18.5 Å². The summed E-state index contributed by atoms with van der Waals surface area (Å²) in [5.41, 5.74) is 1.26. The SMILES string of the molecule is CCCOc1c(Cl)cc(C(=O)Nc2ncccc2OCc2ccncc2)cc1OC. The molecule has 1 N–H and O–H groups in total. The maximum atomic E-state index is 12.8. The third-order valence-electron chi connectivity index (χ3n) is 4.09. The molecule has 1 amide bonds. The van der Waals surface area contributed by atoms with E-state index in [2.05, 4.69) is 15.3 Å². The summed E-state index contributed by atoms with van der Waals surface area (Å²) in [5, 5.41) is 3.06. The van der Waals surface area contributed by atoms with Crippen LogP contribution in [-0.2, 0) is 6.61 Å². The number of anilines is 1. The van der Waals surface area contributed by atoms with E-state index in [1.165, 1.54) is 13.2 Å². The molecule has 30 heavy (non-hydrogen) atoms. The van der Waals surface area contributed by atoms with Crippen LogP contribution >= 0.6 is 11.6 Å². The monoisotopic (exact) mass is 427 g/mol. The number of ether oxygens (including phenoxy) is 3. The molecule has 0 spiro atoms. The molecule has 0 radical (unpaired) electrons. The van der Waals surface area contributed by atoms with Gasteiger partial charge in [-0.25, -0.2) is 4.98 Å². The van der Waals surface area contributed by atoms with Crippen LogP contribution in [0.15, 0.2) is 55.0 Å². The number of nitrogens with zero attached hydrogens (tertiary/aromatic N) is 2. The third-order valence-corrected chi connectivity index (χ3v) is 4.37. The Labute approximate surface area is 180 Å². The lowest BCUT2D eigenvalue weighted by atomic mass is 10.2. The number of carbonyl (C=O) groups excluding carboxylic acids is 1. The summed E-state index contributed by atoms with van der Waals surface area (Å²) in [4.78, 5) is 21.0. The summed E-state index contributed by atoms with van der Waals surface area (Å²) < 4.78 is 16.8. The lowest BCUT2D eigenvalue weighted by Gasteiger charge is -2.14. The average molecular weight is 428 g/mol. The van der Waals surface area contributed by atoms with E-state index >= 15 is 0 Å². The first-order valence-electron chi connectivity index (χ1n) is 9.40. The van der Waals surface area contributed by atoms with Crippen LogP contribution in [0.1, 0.15) is 29.3 Å². The van der Waals surface area contributed by atoms with Gasteiger partial charge in [-0.3, -0.25) is 9.78 Å². The lowest BCUT2D eigenvalue weighted by molar-refractivity contribution is 0.102. The molecule has 2 aromatic heterocycles. The van der Waals surface area contributed by atoms with Crippen molar-refractivity contribution in [2.75, 3.05) is 19.0 Å². The van der Waals surface area contributed by atoms with E-state index in [-0.39, 0.29) is 0 Å². The Morgan fingerprint density at radius 1 is 1.10 bits per heavy atom. The number of rotatable bonds is 9. The zero-order chi connectivity index (χ0) is 21.3. The predicted octanol–water partition coefficient (Wildman–Crippen LogP) is 4.76. The van der Waals surface area contributed by atoms with E-state index in [0.717, 1.165) is 12.0 Å². The molecule has 0 aliphatic heterocycles. The van der Waals surface area contributed by atoms with E-state index in [0.29, 0.717) is 46.9 Å². The molecule has 0 unspecified atom stereocenters. The number of aromatic nitrogens is 2. The van der Waals surface area contributed by atoms with Gasteiger partial charge in [0.1, 0.15) is 6.61 Å². The number of carbonyl (C=O) groups is 1. The van der Waals surface area contributed by atoms with E-state index in [4.69, 9.17) is 25.8 Å². The second kappa shape index (κ2) is 10.5. The van der Waals surface area contributed by atoms with Crippen molar-refractivity contribution in [3.63, 3.8) is 0 Å². The van der Waals surface area contributed by atoms with Crippen molar-refractivity contribution in [2.24, 2.45) is 0 Å². The summed E-state index contributed by atoms with van der Waals surface area (Å²) in [6.07, 6.45) is 5.78. The van der Waals surface area contributed by atoms with E-state index in [1.807, 2.05) is 19.1 Å². The molecule has 0 bridgehead atoms. The Morgan fingerprint density at radius 3 is 2.63 bits per heavy atom. The average Bonchev–Trinajstić information content (AvgIpc) is 2.77. The van der Waals surface area contributed by atoms with Crippen molar-refractivity contribution in [1.29, 1.82) is 0 Å². The van der Waals surface area contributed by atoms with Gasteiger partial charge in [0.05, 0.1) is 18.7 Å². The molecule has 0 saturated heterocycles. The molecule has 0 atom stereocenters. The summed E-state index contributed by atoms with van der Waals surface area (Å²) in [6.45, 7) is 2.80. The molecule has 8 heteroatoms. The summed E-state index contributed by atoms with van der Waals surface area (Å²) in [7, 11) is 1.50. The zero-order valence-corrected chi connectivity index (χ0v) is 17.5. The van der Waals surface area contributed by atoms with Crippen LogP contribution in [-0.4, -0.2) is 29.6 Å². The topological polar surface area (TPSA) is 82.6 Å². The molecule has 7 nitrogen and oxygen atoms in total. The van der Waals surface area contributed by atoms with Crippen molar-refractivity contribution < 1.29 is 19.0 Å². The highest BCUT2D eigenvalue weighted by Gasteiger charge is 2.17. The second-order valence-corrected chi connectivity index (χ2v) is 6.69. The molecule has 156 valence electrons. The van der Waals surface area contributed by atoms with E-state index < -0.39 is 5.91 Å². The minimum absolute atomic E-state index is 0.295. The Kier molecular flexibility index (Phi) is 7.45. The fourth-order valence-corrected chi connectivity index (χ4v) is 2.88. The van der Waals surface area contributed by atoms with Crippen molar-refractivity contribution in [1.82, 2.24) is 9.97 Å². The highest BCUT2D eigenvalue weighted by molar-refractivity contribution is 6.32. The quantitative estimate of drug-likeness (QED) is 0.530. The molecule has 3 rings (SSSR count). The van der Waals surface area contributed by atoms with Crippen LogP contribution in [0.25, 0.3) is 0 Å². The van der Waals surface area contributed by atoms with Gasteiger partial charge in [0.2, 0.25) is 0 Å². The second-order valence-electron chi connectivity index (χ2n) is 6.29. The molecule has 1 aromatic carbocycles. The van der Waals surface area contributed by atoms with Crippen LogP contribution < -0.4 is 19.5 Å². The highest BCUT2D eigenvalue weighted by Crippen LogP contribution is 2.37. The molecular weight excluding hydrogens is 406 g/mol. The van der Waals surface area contributed by atoms with Gasteiger partial charge in [-0.2, -0.15) is 0 Å². The normalized spacial score (nSPS) is 10.4. The van der Waals surface area contributed by atoms with Gasteiger partial charge >= 0.3 is 0 Å². The van der Waals surface area contributed by atoms with E-state index in [9.17, 15) is 4.79 Å². The Bertz CT molecular complexity index is 999. The summed E-state index contributed by atoms with van der Waals surface area (Å²) in [6, 6.07) is 10.3. The molecule has 0 aliphatic rings. The van der Waals surface area contributed by atoms with Gasteiger partial charge < -0.3 is 19.5 Å². The zero-order valence-electron chi connectivity index (χ0n) is 16.7. The molecule has 3 aromatic rings. The van der Waals surface area contributed by atoms with Crippen LogP contribution in [0.2, 0.25) is 5.02 Å². The first kappa shape index (κ1) is 21.4. The van der Waals surface area contributed by atoms with Crippen LogP contribution in [0.5, 0.6) is 17.2 Å². The molecule has 0 aliphatic carbocycles. The maximum Gasteiger partial charge on any atom is 0.257 e. The first-order chi connectivity index (χ1) is 14.6. The largest absolute Gasteiger partial charge is 0.493 e. The summed E-state index contributed by atoms with van der Waals surface area (Å²) >= 11 is 6.31. The number of nitrogens with one attached hydrogen (secondary N) is 1. The fourth-order valence-electron chi connectivity index (χ4n) is 2.62. The number of hydrogen-bond donors (Lipinski definition) is 1.